The molecule has 0 saturated heterocycles. The van der Waals surface area contributed by atoms with Crippen molar-refractivity contribution in [1.82, 2.24) is 10.2 Å². The molecule has 1 aromatic carbocycles. The number of aromatic amines is 1. The van der Waals surface area contributed by atoms with E-state index in [0.29, 0.717) is 5.82 Å². The van der Waals surface area contributed by atoms with Gasteiger partial charge in [-0.25, -0.2) is 0 Å². The molecule has 0 atom stereocenters. The Balaban J connectivity index is 2.47. The summed E-state index contributed by atoms with van der Waals surface area (Å²) in [6.45, 7) is 0. The van der Waals surface area contributed by atoms with Crippen LogP contribution < -0.4 is 5.73 Å². The van der Waals surface area contributed by atoms with E-state index in [1.165, 1.54) is 0 Å². The Morgan fingerprint density at radius 3 is 2.80 bits per heavy atom. The molecule has 0 fully saturated rings. The number of halogens is 1. The second-order valence-electron chi connectivity index (χ2n) is 3.05. The molecule has 0 aliphatic heterocycles. The average molecular weight is 240 g/mol. The van der Waals surface area contributed by atoms with Crippen LogP contribution in [-0.4, -0.2) is 16.5 Å². The molecule has 0 aliphatic carbocycles. The van der Waals surface area contributed by atoms with Crippen molar-refractivity contribution in [3.63, 3.8) is 0 Å². The maximum atomic E-state index is 6.11. The zero-order valence-corrected chi connectivity index (χ0v) is 9.69. The molecule has 5 heteroatoms. The largest absolute Gasteiger partial charge is 0.384 e. The zero-order valence-electron chi connectivity index (χ0n) is 8.12. The molecule has 0 aliphatic rings. The fraction of sp³-hybridized carbons (Fsp3) is 0.100. The molecule has 3 nitrogen and oxygen atoms in total. The molecule has 0 spiro atoms. The number of nitrogens with two attached hydrogens (primary N) is 1. The van der Waals surface area contributed by atoms with Gasteiger partial charge < -0.3 is 5.73 Å². The van der Waals surface area contributed by atoms with Gasteiger partial charge in [0.05, 0.1) is 11.2 Å². The van der Waals surface area contributed by atoms with Crippen LogP contribution in [0.5, 0.6) is 0 Å². The van der Waals surface area contributed by atoms with Gasteiger partial charge in [-0.2, -0.15) is 5.10 Å². The maximum absolute atomic E-state index is 6.11. The van der Waals surface area contributed by atoms with Crippen molar-refractivity contribution >= 4 is 29.2 Å². The Hall–Kier alpha value is -1.13. The predicted molar refractivity (Wildman–Crippen MR) is 65.2 cm³/mol. The number of rotatable bonds is 2. The maximum Gasteiger partial charge on any atom is 0.126 e. The van der Waals surface area contributed by atoms with Gasteiger partial charge in [0.1, 0.15) is 5.82 Å². The van der Waals surface area contributed by atoms with Gasteiger partial charge in [-0.05, 0) is 24.0 Å². The molecule has 3 N–H and O–H groups in total. The summed E-state index contributed by atoms with van der Waals surface area (Å²) in [5, 5.41) is 7.30. The molecule has 1 aromatic heterocycles. The van der Waals surface area contributed by atoms with Crippen molar-refractivity contribution in [2.75, 3.05) is 12.0 Å². The Labute approximate surface area is 97.0 Å². The number of H-pyrrole nitrogens is 1. The van der Waals surface area contributed by atoms with E-state index >= 15 is 0 Å². The van der Waals surface area contributed by atoms with E-state index in [2.05, 4.69) is 10.2 Å². The van der Waals surface area contributed by atoms with E-state index in [4.69, 9.17) is 17.3 Å². The van der Waals surface area contributed by atoms with Crippen molar-refractivity contribution in [2.24, 2.45) is 0 Å². The predicted octanol–water partition coefficient (Wildman–Crippen LogP) is 3.03. The Morgan fingerprint density at radius 2 is 2.27 bits per heavy atom. The molecule has 2 aromatic rings. The molecular formula is C10H10ClN3S. The highest BCUT2D eigenvalue weighted by Gasteiger charge is 2.06. The molecule has 0 unspecified atom stereocenters. The first-order valence-corrected chi connectivity index (χ1v) is 5.95. The minimum absolute atomic E-state index is 0.558. The normalized spacial score (nSPS) is 10.5. The number of hydrogen-bond donors (Lipinski definition) is 2. The Morgan fingerprint density at radius 1 is 1.47 bits per heavy atom. The summed E-state index contributed by atoms with van der Waals surface area (Å²) in [7, 11) is 0. The minimum Gasteiger partial charge on any atom is -0.384 e. The number of nitrogens with one attached hydrogen (secondary N) is 1. The average Bonchev–Trinajstić information content (AvgIpc) is 2.64. The minimum atomic E-state index is 0.558. The molecule has 2 rings (SSSR count). The van der Waals surface area contributed by atoms with Gasteiger partial charge in [0, 0.05) is 10.5 Å². The van der Waals surface area contributed by atoms with Crippen molar-refractivity contribution < 1.29 is 0 Å². The number of thioether (sulfide) groups is 1. The Bertz CT molecular complexity index is 481. The highest BCUT2D eigenvalue weighted by molar-refractivity contribution is 7.98. The summed E-state index contributed by atoms with van der Waals surface area (Å²) in [5.74, 6) is 0.558. The van der Waals surface area contributed by atoms with Gasteiger partial charge in [-0.15, -0.1) is 11.8 Å². The van der Waals surface area contributed by atoms with E-state index < -0.39 is 0 Å². The molecular weight excluding hydrogens is 230 g/mol. The van der Waals surface area contributed by atoms with E-state index in [0.717, 1.165) is 21.0 Å². The second-order valence-corrected chi connectivity index (χ2v) is 4.30. The number of aromatic nitrogens is 2. The van der Waals surface area contributed by atoms with Crippen LogP contribution in [0.1, 0.15) is 0 Å². The molecule has 0 bridgehead atoms. The third-order valence-electron chi connectivity index (χ3n) is 2.13. The lowest BCUT2D eigenvalue weighted by Gasteiger charge is -2.03. The first kappa shape index (κ1) is 10.4. The van der Waals surface area contributed by atoms with Crippen molar-refractivity contribution in [3.05, 3.63) is 29.4 Å². The van der Waals surface area contributed by atoms with E-state index in [1.807, 2.05) is 24.5 Å². The van der Waals surface area contributed by atoms with Crippen molar-refractivity contribution in [2.45, 2.75) is 4.90 Å². The summed E-state index contributed by atoms with van der Waals surface area (Å²) in [6, 6.07) is 5.86. The van der Waals surface area contributed by atoms with Gasteiger partial charge in [0.2, 0.25) is 0 Å². The number of hydrogen-bond acceptors (Lipinski definition) is 3. The lowest BCUT2D eigenvalue weighted by molar-refractivity contribution is 1.10. The van der Waals surface area contributed by atoms with Crippen LogP contribution in [0, 0.1) is 0 Å². The van der Waals surface area contributed by atoms with Gasteiger partial charge >= 0.3 is 0 Å². The molecule has 0 saturated carbocycles. The van der Waals surface area contributed by atoms with Gasteiger partial charge in [0.25, 0.3) is 0 Å². The van der Waals surface area contributed by atoms with Crippen LogP contribution >= 0.6 is 23.4 Å². The highest BCUT2D eigenvalue weighted by atomic mass is 35.5. The summed E-state index contributed by atoms with van der Waals surface area (Å²) in [5.41, 5.74) is 7.58. The number of anilines is 1. The summed E-state index contributed by atoms with van der Waals surface area (Å²) < 4.78 is 0. The SMILES string of the molecule is CSc1ccc(-c2cn[nH]c2N)cc1Cl. The van der Waals surface area contributed by atoms with Crippen molar-refractivity contribution in [1.29, 1.82) is 0 Å². The van der Waals surface area contributed by atoms with Crippen LogP contribution in [0.4, 0.5) is 5.82 Å². The topological polar surface area (TPSA) is 54.7 Å². The third-order valence-corrected chi connectivity index (χ3v) is 3.35. The molecule has 1 heterocycles. The Kier molecular flexibility index (Phi) is 2.88. The first-order valence-electron chi connectivity index (χ1n) is 4.35. The van der Waals surface area contributed by atoms with E-state index in [-0.39, 0.29) is 0 Å². The van der Waals surface area contributed by atoms with E-state index in [9.17, 15) is 0 Å². The van der Waals surface area contributed by atoms with Gasteiger partial charge in [-0.3, -0.25) is 5.10 Å². The van der Waals surface area contributed by atoms with Crippen molar-refractivity contribution in [3.8, 4) is 11.1 Å². The van der Waals surface area contributed by atoms with Crippen LogP contribution in [0.3, 0.4) is 0 Å². The lowest BCUT2D eigenvalue weighted by atomic mass is 10.1. The number of nitrogens with zero attached hydrogens (tertiary/aromatic N) is 1. The lowest BCUT2D eigenvalue weighted by Crippen LogP contribution is -1.87. The van der Waals surface area contributed by atoms with Crippen LogP contribution in [0.2, 0.25) is 5.02 Å². The van der Waals surface area contributed by atoms with Crippen LogP contribution in [-0.2, 0) is 0 Å². The molecule has 0 radical (unpaired) electrons. The molecule has 0 amide bonds. The number of benzene rings is 1. The van der Waals surface area contributed by atoms with Crippen LogP contribution in [0.15, 0.2) is 29.3 Å². The second kappa shape index (κ2) is 4.16. The summed E-state index contributed by atoms with van der Waals surface area (Å²) >= 11 is 7.73. The van der Waals surface area contributed by atoms with Gasteiger partial charge in [-0.1, -0.05) is 17.7 Å². The number of nitrogen functional groups attached to an aromatic ring is 1. The first-order chi connectivity index (χ1) is 7.22. The molecule has 78 valence electrons. The van der Waals surface area contributed by atoms with Gasteiger partial charge in [0.15, 0.2) is 0 Å². The summed E-state index contributed by atoms with van der Waals surface area (Å²) in [6.07, 6.45) is 3.69. The highest BCUT2D eigenvalue weighted by Crippen LogP contribution is 2.31. The quantitative estimate of drug-likeness (QED) is 0.792. The zero-order chi connectivity index (χ0) is 10.8. The fourth-order valence-electron chi connectivity index (χ4n) is 1.36. The summed E-state index contributed by atoms with van der Waals surface area (Å²) in [4.78, 5) is 1.06. The smallest absolute Gasteiger partial charge is 0.126 e. The van der Waals surface area contributed by atoms with Crippen LogP contribution in [0.25, 0.3) is 11.1 Å². The fourth-order valence-corrected chi connectivity index (χ4v) is 2.23. The monoisotopic (exact) mass is 239 g/mol. The standard InChI is InChI=1S/C10H10ClN3S/c1-15-9-3-2-6(4-8(9)11)7-5-13-14-10(7)12/h2-5H,1H3,(H3,12,13,14). The molecule has 15 heavy (non-hydrogen) atoms. The third kappa shape index (κ3) is 1.96. The van der Waals surface area contributed by atoms with E-state index in [1.54, 1.807) is 18.0 Å².